The van der Waals surface area contributed by atoms with E-state index >= 15 is 0 Å². The lowest BCUT2D eigenvalue weighted by molar-refractivity contribution is 0.215. The van der Waals surface area contributed by atoms with Crippen LogP contribution in [0.5, 0.6) is 11.5 Å². The highest BCUT2D eigenvalue weighted by atomic mass is 32.3. The fraction of sp³-hybridized carbons (Fsp3) is 0.400. The second-order valence-electron chi connectivity index (χ2n) is 7.57. The molecule has 5 nitrogen and oxygen atoms in total. The van der Waals surface area contributed by atoms with E-state index in [4.69, 9.17) is 14.3 Å². The van der Waals surface area contributed by atoms with E-state index in [1.165, 1.54) is 7.11 Å². The summed E-state index contributed by atoms with van der Waals surface area (Å²) in [4.78, 5) is 5.55. The van der Waals surface area contributed by atoms with Crippen LogP contribution in [-0.4, -0.2) is 41.6 Å². The first kappa shape index (κ1) is 24.7. The van der Waals surface area contributed by atoms with Crippen molar-refractivity contribution in [3.63, 3.8) is 0 Å². The highest BCUT2D eigenvalue weighted by Gasteiger charge is 2.37. The summed E-state index contributed by atoms with van der Waals surface area (Å²) in [6.45, 7) is 10.4. The summed E-state index contributed by atoms with van der Waals surface area (Å²) in [5.41, 5.74) is 2.82. The predicted molar refractivity (Wildman–Crippen MR) is 130 cm³/mol. The maximum atomic E-state index is 14.5. The number of oxime groups is 1. The summed E-state index contributed by atoms with van der Waals surface area (Å²) in [7, 11) is -1.72. The van der Waals surface area contributed by atoms with Crippen LogP contribution in [-0.2, 0) is 13.9 Å². The molecule has 0 spiro atoms. The van der Waals surface area contributed by atoms with Gasteiger partial charge in [-0.15, -0.1) is 0 Å². The first-order chi connectivity index (χ1) is 14.8. The van der Waals surface area contributed by atoms with Crippen LogP contribution in [0.2, 0.25) is 0 Å². The van der Waals surface area contributed by atoms with Crippen molar-refractivity contribution in [3.05, 3.63) is 65.2 Å². The molecule has 0 atom stereocenters. The number of aryl methyl sites for hydroxylation is 2. The highest BCUT2D eigenvalue weighted by molar-refractivity contribution is 8.19. The van der Waals surface area contributed by atoms with Crippen molar-refractivity contribution in [2.75, 3.05) is 31.2 Å². The van der Waals surface area contributed by atoms with Crippen molar-refractivity contribution in [1.29, 1.82) is 0 Å². The lowest BCUT2D eigenvalue weighted by Gasteiger charge is -2.40. The lowest BCUT2D eigenvalue weighted by atomic mass is 10.1. The van der Waals surface area contributed by atoms with Crippen LogP contribution in [0.3, 0.4) is 0 Å². The molecule has 0 aliphatic rings. The van der Waals surface area contributed by atoms with Crippen molar-refractivity contribution >= 4 is 15.3 Å². The molecule has 0 aliphatic carbocycles. The molecule has 31 heavy (non-hydrogen) atoms. The van der Waals surface area contributed by atoms with Crippen LogP contribution in [0.25, 0.3) is 0 Å². The maximum absolute atomic E-state index is 14.5. The molecular formula is C25H35NO4S. The highest BCUT2D eigenvalue weighted by Crippen LogP contribution is 2.38. The third kappa shape index (κ3) is 5.76. The van der Waals surface area contributed by atoms with Crippen LogP contribution in [0.1, 0.15) is 37.5 Å². The zero-order chi connectivity index (χ0) is 22.9. The number of benzene rings is 2. The number of allylic oxidation sites excluding steroid dienone is 1. The molecule has 0 aromatic heterocycles. The zero-order valence-electron chi connectivity index (χ0n) is 19.5. The summed E-state index contributed by atoms with van der Waals surface area (Å²) in [5, 5.41) is 3.78. The molecule has 0 heterocycles. The molecule has 0 fully saturated rings. The second kappa shape index (κ2) is 10.6. The summed E-state index contributed by atoms with van der Waals surface area (Å²) in [6.07, 6.45) is 5.55. The Morgan fingerprint density at radius 2 is 1.61 bits per heavy atom. The average molecular weight is 446 g/mol. The Labute approximate surface area is 186 Å². The van der Waals surface area contributed by atoms with Gasteiger partial charge in [-0.3, -0.25) is 4.21 Å². The van der Waals surface area contributed by atoms with E-state index in [0.717, 1.165) is 33.1 Å². The number of rotatable bonds is 11. The van der Waals surface area contributed by atoms with Crippen LogP contribution in [0, 0.1) is 13.8 Å². The van der Waals surface area contributed by atoms with Gasteiger partial charge in [0.1, 0.15) is 31.2 Å². The van der Waals surface area contributed by atoms with Gasteiger partial charge in [0.15, 0.2) is 0 Å². The summed E-state index contributed by atoms with van der Waals surface area (Å²) >= 11 is 0. The summed E-state index contributed by atoms with van der Waals surface area (Å²) in [6, 6.07) is 11.6. The van der Waals surface area contributed by atoms with E-state index < -0.39 is 9.07 Å². The van der Waals surface area contributed by atoms with Crippen LogP contribution < -0.4 is 9.47 Å². The Hall–Kier alpha value is -2.60. The molecule has 6 heteroatoms. The molecule has 0 saturated carbocycles. The Balaban J connectivity index is 2.30. The van der Waals surface area contributed by atoms with Gasteiger partial charge in [0, 0.05) is 16.4 Å². The third-order valence-electron chi connectivity index (χ3n) is 5.62. The number of hydrogen-bond acceptors (Lipinski definition) is 5. The fourth-order valence-corrected chi connectivity index (χ4v) is 6.20. The number of nitrogens with zero attached hydrogens (tertiary/aromatic N) is 1. The minimum atomic E-state index is -3.23. The molecule has 2 aromatic rings. The van der Waals surface area contributed by atoms with Crippen LogP contribution in [0.4, 0.5) is 0 Å². The smallest absolute Gasteiger partial charge is 0.147 e. The molecule has 0 aliphatic heterocycles. The van der Waals surface area contributed by atoms with E-state index in [1.807, 2.05) is 83.2 Å². The van der Waals surface area contributed by atoms with Crippen molar-refractivity contribution in [2.24, 2.45) is 5.16 Å². The van der Waals surface area contributed by atoms with Crippen molar-refractivity contribution in [1.82, 2.24) is 0 Å². The number of hydrogen-bond donors (Lipinski definition) is 0. The Kier molecular flexibility index (Phi) is 8.45. The normalized spacial score (nSPS) is 13.3. The Morgan fingerprint density at radius 3 is 2.13 bits per heavy atom. The van der Waals surface area contributed by atoms with Gasteiger partial charge in [0.25, 0.3) is 0 Å². The standard InChI is InChI=1S/C25H35NO4S/c1-7-10-15-29-23-16-20(4)25(21(5)17-23)30-19-31(27,8-2,9-3)24-13-11-22(12-14-24)18-26-28-6/h7,10-14,16-18H,8-9,15,19H2,1-6H3/b10-7+,26-18?. The zero-order valence-corrected chi connectivity index (χ0v) is 20.3. The molecular weight excluding hydrogens is 410 g/mol. The Bertz CT molecular complexity index is 962. The van der Waals surface area contributed by atoms with Gasteiger partial charge in [0.2, 0.25) is 0 Å². The molecule has 0 amide bonds. The Morgan fingerprint density at radius 1 is 1.00 bits per heavy atom. The molecule has 2 rings (SSSR count). The van der Waals surface area contributed by atoms with Gasteiger partial charge in [0.05, 0.1) is 6.21 Å². The monoisotopic (exact) mass is 445 g/mol. The van der Waals surface area contributed by atoms with Crippen molar-refractivity contribution < 1.29 is 18.5 Å². The van der Waals surface area contributed by atoms with E-state index in [1.54, 1.807) is 6.21 Å². The molecule has 0 radical (unpaired) electrons. The van der Waals surface area contributed by atoms with Gasteiger partial charge in [-0.25, -0.2) is 0 Å². The fourth-order valence-electron chi connectivity index (χ4n) is 3.44. The van der Waals surface area contributed by atoms with E-state index in [2.05, 4.69) is 5.16 Å². The van der Waals surface area contributed by atoms with Crippen molar-refractivity contribution in [2.45, 2.75) is 39.5 Å². The van der Waals surface area contributed by atoms with E-state index in [0.29, 0.717) is 18.1 Å². The largest absolute Gasteiger partial charge is 0.490 e. The average Bonchev–Trinajstić information content (AvgIpc) is 2.77. The van der Waals surface area contributed by atoms with Gasteiger partial charge >= 0.3 is 0 Å². The van der Waals surface area contributed by atoms with E-state index in [9.17, 15) is 4.21 Å². The van der Waals surface area contributed by atoms with Gasteiger partial charge in [-0.1, -0.05) is 43.3 Å². The molecule has 0 unspecified atom stereocenters. The topological polar surface area (TPSA) is 57.1 Å². The second-order valence-corrected chi connectivity index (χ2v) is 12.4. The minimum absolute atomic E-state index is 0.149. The third-order valence-corrected chi connectivity index (χ3v) is 10.4. The van der Waals surface area contributed by atoms with Gasteiger partial charge in [-0.2, -0.15) is 0 Å². The molecule has 2 aromatic carbocycles. The minimum Gasteiger partial charge on any atom is -0.490 e. The van der Waals surface area contributed by atoms with Crippen molar-refractivity contribution in [3.8, 4) is 11.5 Å². The molecule has 0 N–H and O–H groups in total. The van der Waals surface area contributed by atoms with E-state index in [-0.39, 0.29) is 5.94 Å². The maximum Gasteiger partial charge on any atom is 0.147 e. The number of ether oxygens (including phenoxy) is 2. The first-order valence-corrected chi connectivity index (χ1v) is 13.0. The molecule has 0 bridgehead atoms. The SMILES string of the molecule is C/C=C/COc1cc(C)c(OCS(=O)(CC)(CC)c2ccc(C=NOC)cc2)c(C)c1. The summed E-state index contributed by atoms with van der Waals surface area (Å²) < 4.78 is 26.5. The first-order valence-electron chi connectivity index (χ1n) is 10.6. The summed E-state index contributed by atoms with van der Waals surface area (Å²) in [5.74, 6) is 2.75. The quantitative estimate of drug-likeness (QED) is 0.261. The molecule has 0 saturated heterocycles. The molecule has 170 valence electrons. The van der Waals surface area contributed by atoms with Crippen LogP contribution >= 0.6 is 0 Å². The van der Waals surface area contributed by atoms with Crippen LogP contribution in [0.15, 0.2) is 58.6 Å². The lowest BCUT2D eigenvalue weighted by Crippen LogP contribution is -2.44. The van der Waals surface area contributed by atoms with Gasteiger partial charge in [-0.05, 0) is 70.8 Å². The van der Waals surface area contributed by atoms with Gasteiger partial charge < -0.3 is 14.3 Å². The predicted octanol–water partition coefficient (Wildman–Crippen LogP) is 5.49.